The Balaban J connectivity index is 2.32. The van der Waals surface area contributed by atoms with Gasteiger partial charge in [0.1, 0.15) is 11.8 Å². The lowest BCUT2D eigenvalue weighted by atomic mass is 10.2. The van der Waals surface area contributed by atoms with Crippen molar-refractivity contribution in [2.24, 2.45) is 5.92 Å². The van der Waals surface area contributed by atoms with Gasteiger partial charge in [0.15, 0.2) is 4.90 Å². The van der Waals surface area contributed by atoms with Crippen LogP contribution in [0, 0.1) is 5.92 Å². The highest BCUT2D eigenvalue weighted by atomic mass is 32.2. The van der Waals surface area contributed by atoms with E-state index in [9.17, 15) is 18.0 Å². The number of hydrogen-bond acceptors (Lipinski definition) is 6. The zero-order valence-electron chi connectivity index (χ0n) is 12.0. The Labute approximate surface area is 126 Å². The summed E-state index contributed by atoms with van der Waals surface area (Å²) in [5.41, 5.74) is -0.486. The van der Waals surface area contributed by atoms with Crippen molar-refractivity contribution in [3.05, 3.63) is 40.8 Å². The van der Waals surface area contributed by atoms with Crippen LogP contribution in [0.5, 0.6) is 0 Å². The molecule has 118 valence electrons. The first-order valence-electron chi connectivity index (χ1n) is 6.51. The molecule has 2 aromatic rings. The maximum atomic E-state index is 12.2. The van der Waals surface area contributed by atoms with Crippen LogP contribution in [0.25, 0.3) is 11.0 Å². The molecule has 1 heterocycles. The molecular formula is C14H15NO6S. The van der Waals surface area contributed by atoms with Crippen molar-refractivity contribution in [1.82, 2.24) is 4.72 Å². The normalized spacial score (nSPS) is 11.6. The molecule has 0 spiro atoms. The molecule has 0 aliphatic carbocycles. The molecule has 0 aliphatic rings. The summed E-state index contributed by atoms with van der Waals surface area (Å²) >= 11 is 0. The predicted molar refractivity (Wildman–Crippen MR) is 79.0 cm³/mol. The quantitative estimate of drug-likeness (QED) is 0.920. The minimum absolute atomic E-state index is 0.0548. The SMILES string of the molecule is CC(C)COC(=O)NS(=O)(=O)c1coc2ccccc2c1=O. The summed E-state index contributed by atoms with van der Waals surface area (Å²) in [6.07, 6.45) is -0.329. The highest BCUT2D eigenvalue weighted by Crippen LogP contribution is 2.13. The summed E-state index contributed by atoms with van der Waals surface area (Å²) in [6.45, 7) is 3.67. The van der Waals surface area contributed by atoms with E-state index in [1.807, 2.05) is 0 Å². The van der Waals surface area contributed by atoms with Gasteiger partial charge in [0.2, 0.25) is 5.43 Å². The molecule has 1 amide bonds. The number of carbonyl (C=O) groups excluding carboxylic acids is 1. The number of rotatable bonds is 4. The predicted octanol–water partition coefficient (Wildman–Crippen LogP) is 1.86. The molecule has 0 atom stereocenters. The average molecular weight is 325 g/mol. The fourth-order valence-corrected chi connectivity index (χ4v) is 2.60. The maximum Gasteiger partial charge on any atom is 0.421 e. The molecule has 22 heavy (non-hydrogen) atoms. The summed E-state index contributed by atoms with van der Waals surface area (Å²) < 4.78 is 35.7. The summed E-state index contributed by atoms with van der Waals surface area (Å²) in [7, 11) is -4.36. The first-order valence-corrected chi connectivity index (χ1v) is 7.99. The zero-order chi connectivity index (χ0) is 16.3. The van der Waals surface area contributed by atoms with E-state index in [1.165, 1.54) is 12.1 Å². The molecule has 0 fully saturated rings. The summed E-state index contributed by atoms with van der Waals surface area (Å²) in [5, 5.41) is 0.112. The van der Waals surface area contributed by atoms with Crippen molar-refractivity contribution >= 4 is 27.1 Å². The molecule has 0 saturated heterocycles. The van der Waals surface area contributed by atoms with Gasteiger partial charge in [0.05, 0.1) is 12.0 Å². The smallest absolute Gasteiger partial charge is 0.421 e. The number of amides is 1. The minimum Gasteiger partial charge on any atom is -0.463 e. The first kappa shape index (κ1) is 16.0. The van der Waals surface area contributed by atoms with Gasteiger partial charge in [-0.1, -0.05) is 26.0 Å². The van der Waals surface area contributed by atoms with Gasteiger partial charge in [0, 0.05) is 0 Å². The highest BCUT2D eigenvalue weighted by Gasteiger charge is 2.24. The standard InChI is InChI=1S/C14H15NO6S/c1-9(2)7-21-14(17)15-22(18,19)12-8-20-11-6-4-3-5-10(11)13(12)16/h3-6,8-9H,7H2,1-2H3,(H,15,17). The van der Waals surface area contributed by atoms with Gasteiger partial charge in [-0.3, -0.25) is 4.79 Å². The fraction of sp³-hybridized carbons (Fsp3) is 0.286. The second kappa shape index (κ2) is 6.18. The van der Waals surface area contributed by atoms with Gasteiger partial charge in [-0.15, -0.1) is 0 Å². The van der Waals surface area contributed by atoms with E-state index in [1.54, 1.807) is 30.7 Å². The van der Waals surface area contributed by atoms with Gasteiger partial charge in [-0.25, -0.2) is 17.9 Å². The van der Waals surface area contributed by atoms with Crippen LogP contribution in [0.4, 0.5) is 4.79 Å². The molecule has 8 heteroatoms. The Hall–Kier alpha value is -2.35. The van der Waals surface area contributed by atoms with Crippen LogP contribution in [0.1, 0.15) is 13.8 Å². The van der Waals surface area contributed by atoms with Crippen LogP contribution in [0.2, 0.25) is 0 Å². The van der Waals surface area contributed by atoms with Gasteiger partial charge in [0.25, 0.3) is 10.0 Å². The monoisotopic (exact) mass is 325 g/mol. The Morgan fingerprint density at radius 2 is 2.00 bits per heavy atom. The van der Waals surface area contributed by atoms with Crippen LogP contribution in [-0.4, -0.2) is 21.1 Å². The average Bonchev–Trinajstić information content (AvgIpc) is 2.45. The lowest BCUT2D eigenvalue weighted by molar-refractivity contribution is 0.139. The van der Waals surface area contributed by atoms with E-state index in [2.05, 4.69) is 0 Å². The second-order valence-electron chi connectivity index (χ2n) is 5.02. The zero-order valence-corrected chi connectivity index (χ0v) is 12.8. The summed E-state index contributed by atoms with van der Waals surface area (Å²) in [5.74, 6) is 0.0548. The number of ether oxygens (including phenoxy) is 1. The summed E-state index contributed by atoms with van der Waals surface area (Å²) in [6, 6.07) is 6.22. The molecule has 1 aromatic heterocycles. The van der Waals surface area contributed by atoms with Crippen molar-refractivity contribution in [3.63, 3.8) is 0 Å². The molecule has 0 unspecified atom stereocenters. The number of nitrogens with one attached hydrogen (secondary N) is 1. The van der Waals surface area contributed by atoms with E-state index < -0.39 is 26.4 Å². The third-order valence-corrected chi connectivity index (χ3v) is 4.00. The molecule has 0 radical (unpaired) electrons. The third-order valence-electron chi connectivity index (χ3n) is 2.70. The number of para-hydroxylation sites is 1. The van der Waals surface area contributed by atoms with Crippen LogP contribution < -0.4 is 10.2 Å². The minimum atomic E-state index is -4.36. The van der Waals surface area contributed by atoms with Gasteiger partial charge in [-0.2, -0.15) is 0 Å². The van der Waals surface area contributed by atoms with Crippen LogP contribution in [0.15, 0.2) is 44.6 Å². The van der Waals surface area contributed by atoms with E-state index in [4.69, 9.17) is 9.15 Å². The van der Waals surface area contributed by atoms with Crippen molar-refractivity contribution in [3.8, 4) is 0 Å². The second-order valence-corrected chi connectivity index (χ2v) is 6.67. The Bertz CT molecular complexity index is 853. The molecule has 0 bridgehead atoms. The number of sulfonamides is 1. The van der Waals surface area contributed by atoms with Crippen molar-refractivity contribution in [2.75, 3.05) is 6.61 Å². The lowest BCUT2D eigenvalue weighted by Crippen LogP contribution is -2.34. The van der Waals surface area contributed by atoms with Gasteiger partial charge in [-0.05, 0) is 18.1 Å². The van der Waals surface area contributed by atoms with Gasteiger partial charge >= 0.3 is 6.09 Å². The number of fused-ring (bicyclic) bond motifs is 1. The van der Waals surface area contributed by atoms with E-state index in [0.29, 0.717) is 0 Å². The van der Waals surface area contributed by atoms with Crippen LogP contribution in [0.3, 0.4) is 0 Å². The fourth-order valence-electron chi connectivity index (χ4n) is 1.68. The summed E-state index contributed by atoms with van der Waals surface area (Å²) in [4.78, 5) is 23.0. The molecule has 0 aliphatic heterocycles. The number of hydrogen-bond donors (Lipinski definition) is 1. The molecule has 2 rings (SSSR count). The lowest BCUT2D eigenvalue weighted by Gasteiger charge is -2.09. The largest absolute Gasteiger partial charge is 0.463 e. The third kappa shape index (κ3) is 3.45. The maximum absolute atomic E-state index is 12.2. The van der Waals surface area contributed by atoms with Crippen LogP contribution in [-0.2, 0) is 14.8 Å². The van der Waals surface area contributed by atoms with E-state index in [-0.39, 0.29) is 23.5 Å². The van der Waals surface area contributed by atoms with E-state index in [0.717, 1.165) is 6.26 Å². The van der Waals surface area contributed by atoms with E-state index >= 15 is 0 Å². The Kier molecular flexibility index (Phi) is 4.51. The van der Waals surface area contributed by atoms with Gasteiger partial charge < -0.3 is 9.15 Å². The molecule has 0 saturated carbocycles. The highest BCUT2D eigenvalue weighted by molar-refractivity contribution is 7.90. The topological polar surface area (TPSA) is 103 Å². The number of carbonyl (C=O) groups is 1. The first-order chi connectivity index (χ1) is 10.3. The van der Waals surface area contributed by atoms with Crippen molar-refractivity contribution in [2.45, 2.75) is 18.7 Å². The van der Waals surface area contributed by atoms with Crippen molar-refractivity contribution < 1.29 is 22.4 Å². The number of benzene rings is 1. The molecule has 7 nitrogen and oxygen atoms in total. The molecule has 1 aromatic carbocycles. The molecule has 1 N–H and O–H groups in total. The molecular weight excluding hydrogens is 310 g/mol. The van der Waals surface area contributed by atoms with Crippen molar-refractivity contribution in [1.29, 1.82) is 0 Å². The Morgan fingerprint density at radius 1 is 1.32 bits per heavy atom. The van der Waals surface area contributed by atoms with Crippen LogP contribution >= 0.6 is 0 Å². The Morgan fingerprint density at radius 3 is 2.68 bits per heavy atom.